The number of carbonyl (C=O) groups excluding carboxylic acids is 2. The van der Waals surface area contributed by atoms with E-state index < -0.39 is 5.79 Å². The summed E-state index contributed by atoms with van der Waals surface area (Å²) in [5.41, 5.74) is 0. The van der Waals surface area contributed by atoms with Crippen molar-refractivity contribution in [3.8, 4) is 0 Å². The van der Waals surface area contributed by atoms with E-state index in [1.54, 1.807) is 0 Å². The first kappa shape index (κ1) is 24.8. The van der Waals surface area contributed by atoms with Gasteiger partial charge in [0.25, 0.3) is 0 Å². The normalized spacial score (nSPS) is 15.5. The van der Waals surface area contributed by atoms with Crippen molar-refractivity contribution in [1.82, 2.24) is 21.3 Å². The molecule has 0 atom stereocenters. The molecule has 0 unspecified atom stereocenters. The SMILES string of the molecule is CNCCCCCC(=O)NCCOC1(OCCNC(=O)CCNC)CCCC1. The molecule has 0 spiro atoms. The number of nitrogens with one attached hydrogen (secondary N) is 4. The van der Waals surface area contributed by atoms with Crippen LogP contribution in [0.5, 0.6) is 0 Å². The highest BCUT2D eigenvalue weighted by atomic mass is 16.7. The summed E-state index contributed by atoms with van der Waals surface area (Å²) in [5.74, 6) is -0.458. The van der Waals surface area contributed by atoms with Crippen LogP contribution < -0.4 is 21.3 Å². The van der Waals surface area contributed by atoms with E-state index in [1.807, 2.05) is 14.1 Å². The standard InChI is InChI=1S/C20H40N4O4/c1-21-12-7-3-4-8-18(25)23-14-16-27-20(10-5-6-11-20)28-17-15-24-19(26)9-13-22-2/h21-22H,3-17H2,1-2H3,(H,23,25)(H,24,26). The van der Waals surface area contributed by atoms with E-state index in [0.29, 0.717) is 45.7 Å². The maximum absolute atomic E-state index is 11.8. The molecular formula is C20H40N4O4. The highest BCUT2D eigenvalue weighted by Gasteiger charge is 2.35. The molecule has 164 valence electrons. The van der Waals surface area contributed by atoms with Crippen molar-refractivity contribution in [1.29, 1.82) is 0 Å². The van der Waals surface area contributed by atoms with E-state index in [2.05, 4.69) is 21.3 Å². The van der Waals surface area contributed by atoms with Crippen molar-refractivity contribution in [2.75, 3.05) is 53.5 Å². The molecular weight excluding hydrogens is 360 g/mol. The second-order valence-electron chi connectivity index (χ2n) is 7.28. The average molecular weight is 401 g/mol. The number of amides is 2. The molecule has 0 saturated heterocycles. The number of hydrogen-bond acceptors (Lipinski definition) is 6. The number of carbonyl (C=O) groups is 2. The van der Waals surface area contributed by atoms with Crippen LogP contribution in [0.4, 0.5) is 0 Å². The van der Waals surface area contributed by atoms with Gasteiger partial charge in [0.15, 0.2) is 5.79 Å². The smallest absolute Gasteiger partial charge is 0.221 e. The Morgan fingerprint density at radius 1 is 0.750 bits per heavy atom. The number of ether oxygens (including phenoxy) is 2. The number of unbranched alkanes of at least 4 members (excludes halogenated alkanes) is 2. The van der Waals surface area contributed by atoms with E-state index in [-0.39, 0.29) is 11.8 Å². The van der Waals surface area contributed by atoms with E-state index in [9.17, 15) is 9.59 Å². The van der Waals surface area contributed by atoms with Gasteiger partial charge in [-0.25, -0.2) is 0 Å². The summed E-state index contributed by atoms with van der Waals surface area (Å²) in [4.78, 5) is 23.4. The summed E-state index contributed by atoms with van der Waals surface area (Å²) >= 11 is 0. The Morgan fingerprint density at radius 3 is 1.89 bits per heavy atom. The molecule has 0 radical (unpaired) electrons. The molecule has 0 aromatic heterocycles. The first-order valence-electron chi connectivity index (χ1n) is 10.7. The minimum absolute atomic E-state index is 0.0213. The predicted molar refractivity (Wildman–Crippen MR) is 110 cm³/mol. The van der Waals surface area contributed by atoms with Gasteiger partial charge in [-0.3, -0.25) is 9.59 Å². The molecule has 2 amide bonds. The minimum Gasteiger partial charge on any atom is -0.354 e. The molecule has 4 N–H and O–H groups in total. The molecule has 0 aromatic carbocycles. The van der Waals surface area contributed by atoms with Crippen LogP contribution in [-0.2, 0) is 19.1 Å². The fourth-order valence-corrected chi connectivity index (χ4v) is 3.28. The molecule has 0 bridgehead atoms. The molecule has 1 aliphatic rings. The lowest BCUT2D eigenvalue weighted by Gasteiger charge is -2.29. The molecule has 0 aliphatic heterocycles. The zero-order chi connectivity index (χ0) is 20.5. The second kappa shape index (κ2) is 15.7. The highest BCUT2D eigenvalue weighted by molar-refractivity contribution is 5.76. The van der Waals surface area contributed by atoms with Crippen molar-refractivity contribution in [3.05, 3.63) is 0 Å². The summed E-state index contributed by atoms with van der Waals surface area (Å²) in [7, 11) is 3.76. The van der Waals surface area contributed by atoms with Crippen molar-refractivity contribution >= 4 is 11.8 Å². The Bertz CT molecular complexity index is 428. The molecule has 0 heterocycles. The number of hydrogen-bond donors (Lipinski definition) is 4. The van der Waals surface area contributed by atoms with E-state index in [4.69, 9.17) is 9.47 Å². The molecule has 1 aliphatic carbocycles. The van der Waals surface area contributed by atoms with Gasteiger partial charge in [0, 0.05) is 45.3 Å². The maximum atomic E-state index is 11.8. The Morgan fingerprint density at radius 2 is 1.32 bits per heavy atom. The molecule has 1 fully saturated rings. The van der Waals surface area contributed by atoms with Crippen molar-refractivity contribution < 1.29 is 19.1 Å². The molecule has 1 saturated carbocycles. The van der Waals surface area contributed by atoms with Gasteiger partial charge in [-0.05, 0) is 46.3 Å². The summed E-state index contributed by atoms with van der Waals surface area (Å²) < 4.78 is 12.0. The lowest BCUT2D eigenvalue weighted by atomic mass is 10.2. The van der Waals surface area contributed by atoms with Crippen LogP contribution in [0.1, 0.15) is 57.8 Å². The van der Waals surface area contributed by atoms with Crippen LogP contribution in [0.15, 0.2) is 0 Å². The summed E-state index contributed by atoms with van der Waals surface area (Å²) in [6.07, 6.45) is 7.99. The van der Waals surface area contributed by atoms with Gasteiger partial charge in [0.05, 0.1) is 13.2 Å². The first-order chi connectivity index (χ1) is 13.6. The molecule has 8 heteroatoms. The van der Waals surface area contributed by atoms with Crippen LogP contribution in [0.25, 0.3) is 0 Å². The van der Waals surface area contributed by atoms with Crippen LogP contribution in [0.2, 0.25) is 0 Å². The molecule has 0 aromatic rings. The maximum Gasteiger partial charge on any atom is 0.221 e. The quantitative estimate of drug-likeness (QED) is 0.214. The molecule has 8 nitrogen and oxygen atoms in total. The van der Waals surface area contributed by atoms with Gasteiger partial charge < -0.3 is 30.7 Å². The third kappa shape index (κ3) is 11.6. The largest absolute Gasteiger partial charge is 0.354 e. The topological polar surface area (TPSA) is 101 Å². The van der Waals surface area contributed by atoms with Crippen molar-refractivity contribution in [2.45, 2.75) is 63.6 Å². The Hall–Kier alpha value is -1.22. The van der Waals surface area contributed by atoms with Crippen LogP contribution in [0, 0.1) is 0 Å². The van der Waals surface area contributed by atoms with Gasteiger partial charge >= 0.3 is 0 Å². The van der Waals surface area contributed by atoms with E-state index in [1.165, 1.54) is 0 Å². The Kier molecular flexibility index (Phi) is 13.9. The second-order valence-corrected chi connectivity index (χ2v) is 7.28. The lowest BCUT2D eigenvalue weighted by Crippen LogP contribution is -2.39. The Balaban J connectivity index is 2.13. The van der Waals surface area contributed by atoms with Gasteiger partial charge in [0.1, 0.15) is 0 Å². The lowest BCUT2D eigenvalue weighted by molar-refractivity contribution is -0.230. The highest BCUT2D eigenvalue weighted by Crippen LogP contribution is 2.34. The summed E-state index contributed by atoms with van der Waals surface area (Å²) in [5, 5.41) is 11.8. The first-order valence-corrected chi connectivity index (χ1v) is 10.7. The minimum atomic E-state index is -0.562. The van der Waals surface area contributed by atoms with Gasteiger partial charge in [-0.15, -0.1) is 0 Å². The van der Waals surface area contributed by atoms with E-state index in [0.717, 1.165) is 51.5 Å². The van der Waals surface area contributed by atoms with E-state index >= 15 is 0 Å². The molecule has 1 rings (SSSR count). The summed E-state index contributed by atoms with van der Waals surface area (Å²) in [6.45, 7) is 3.53. The van der Waals surface area contributed by atoms with Crippen LogP contribution in [0.3, 0.4) is 0 Å². The van der Waals surface area contributed by atoms with Crippen molar-refractivity contribution in [3.63, 3.8) is 0 Å². The third-order valence-electron chi connectivity index (χ3n) is 4.88. The predicted octanol–water partition coefficient (Wildman–Crippen LogP) is 0.912. The Labute approximate surface area is 169 Å². The monoisotopic (exact) mass is 400 g/mol. The molecule has 28 heavy (non-hydrogen) atoms. The van der Waals surface area contributed by atoms with Gasteiger partial charge in [-0.2, -0.15) is 0 Å². The zero-order valence-corrected chi connectivity index (χ0v) is 17.7. The number of rotatable bonds is 17. The van der Waals surface area contributed by atoms with Gasteiger partial charge in [0.2, 0.25) is 11.8 Å². The fourth-order valence-electron chi connectivity index (χ4n) is 3.28. The summed E-state index contributed by atoms with van der Waals surface area (Å²) in [6, 6.07) is 0. The van der Waals surface area contributed by atoms with Gasteiger partial charge in [-0.1, -0.05) is 6.42 Å². The van der Waals surface area contributed by atoms with Crippen LogP contribution >= 0.6 is 0 Å². The third-order valence-corrected chi connectivity index (χ3v) is 4.88. The zero-order valence-electron chi connectivity index (χ0n) is 17.7. The fraction of sp³-hybridized carbons (Fsp3) is 0.900. The van der Waals surface area contributed by atoms with Crippen molar-refractivity contribution in [2.24, 2.45) is 0 Å². The van der Waals surface area contributed by atoms with Crippen LogP contribution in [-0.4, -0.2) is 71.1 Å². The average Bonchev–Trinajstić information content (AvgIpc) is 3.16.